The zero-order valence-corrected chi connectivity index (χ0v) is 11.5. The van der Waals surface area contributed by atoms with Gasteiger partial charge >= 0.3 is 0 Å². The first-order valence-corrected chi connectivity index (χ1v) is 6.26. The van der Waals surface area contributed by atoms with Crippen molar-refractivity contribution in [3.8, 4) is 5.69 Å². The van der Waals surface area contributed by atoms with Crippen LogP contribution in [0.1, 0.15) is 13.8 Å². The van der Waals surface area contributed by atoms with Crippen LogP contribution in [0.15, 0.2) is 54.6 Å². The molecular formula is C15H19N3O. The van der Waals surface area contributed by atoms with Gasteiger partial charge < -0.3 is 5.11 Å². The molecule has 0 aliphatic carbocycles. The third-order valence-electron chi connectivity index (χ3n) is 2.27. The van der Waals surface area contributed by atoms with E-state index in [9.17, 15) is 0 Å². The maximum atomic E-state index is 7.00. The van der Waals surface area contributed by atoms with Gasteiger partial charge in [0.05, 0.1) is 5.69 Å². The molecule has 2 aromatic carbocycles. The van der Waals surface area contributed by atoms with E-state index in [-0.39, 0.29) is 0 Å². The molecule has 0 fully saturated rings. The SMILES string of the molecule is CC.CO.c1ccc(-n2nc3ccccc3n2)cc1. The Kier molecular flexibility index (Phi) is 6.26. The summed E-state index contributed by atoms with van der Waals surface area (Å²) >= 11 is 0. The van der Waals surface area contributed by atoms with Crippen molar-refractivity contribution in [2.24, 2.45) is 0 Å². The highest BCUT2D eigenvalue weighted by Crippen LogP contribution is 2.10. The van der Waals surface area contributed by atoms with Gasteiger partial charge in [-0.15, -0.1) is 10.2 Å². The molecule has 0 aliphatic heterocycles. The van der Waals surface area contributed by atoms with E-state index in [0.717, 1.165) is 23.8 Å². The maximum Gasteiger partial charge on any atom is 0.113 e. The summed E-state index contributed by atoms with van der Waals surface area (Å²) in [4.78, 5) is 1.66. The van der Waals surface area contributed by atoms with Crippen molar-refractivity contribution in [1.29, 1.82) is 0 Å². The van der Waals surface area contributed by atoms with Gasteiger partial charge in [-0.2, -0.15) is 4.80 Å². The van der Waals surface area contributed by atoms with Crippen LogP contribution in [0.3, 0.4) is 0 Å². The van der Waals surface area contributed by atoms with Gasteiger partial charge in [0, 0.05) is 7.11 Å². The molecule has 0 radical (unpaired) electrons. The Morgan fingerprint density at radius 3 is 1.63 bits per heavy atom. The molecule has 0 atom stereocenters. The Hall–Kier alpha value is -2.20. The van der Waals surface area contributed by atoms with Crippen LogP contribution < -0.4 is 0 Å². The molecule has 3 rings (SSSR count). The van der Waals surface area contributed by atoms with Crippen molar-refractivity contribution in [3.05, 3.63) is 54.6 Å². The summed E-state index contributed by atoms with van der Waals surface area (Å²) in [6.07, 6.45) is 0. The second kappa shape index (κ2) is 8.00. The Labute approximate surface area is 113 Å². The molecular weight excluding hydrogens is 238 g/mol. The Bertz CT molecular complexity index is 557. The van der Waals surface area contributed by atoms with Gasteiger partial charge in [0.1, 0.15) is 11.0 Å². The molecule has 1 heterocycles. The molecule has 0 unspecified atom stereocenters. The first-order chi connectivity index (χ1) is 9.43. The standard InChI is InChI=1S/C12H9N3.C2H6.CH4O/c1-2-6-10(7-3-1)15-13-11-8-4-5-9-12(11)14-15;2*1-2/h1-9H;1-2H3;2H,1H3. The van der Waals surface area contributed by atoms with Crippen LogP contribution >= 0.6 is 0 Å². The lowest BCUT2D eigenvalue weighted by molar-refractivity contribution is 0.399. The molecule has 1 N–H and O–H groups in total. The van der Waals surface area contributed by atoms with E-state index in [4.69, 9.17) is 5.11 Å². The zero-order valence-electron chi connectivity index (χ0n) is 11.5. The number of rotatable bonds is 1. The normalized spacial score (nSPS) is 9.05. The molecule has 3 aromatic rings. The van der Waals surface area contributed by atoms with Gasteiger partial charge in [0.25, 0.3) is 0 Å². The van der Waals surface area contributed by atoms with Gasteiger partial charge in [-0.05, 0) is 24.3 Å². The van der Waals surface area contributed by atoms with Crippen LogP contribution in [-0.4, -0.2) is 27.2 Å². The predicted molar refractivity (Wildman–Crippen MR) is 78.4 cm³/mol. The second-order valence-corrected chi connectivity index (χ2v) is 3.31. The van der Waals surface area contributed by atoms with E-state index in [1.54, 1.807) is 4.80 Å². The highest BCUT2D eigenvalue weighted by molar-refractivity contribution is 5.73. The Balaban J connectivity index is 0.000000415. The first kappa shape index (κ1) is 14.9. The number of aliphatic hydroxyl groups is 1. The largest absolute Gasteiger partial charge is 0.400 e. The molecule has 0 spiro atoms. The lowest BCUT2D eigenvalue weighted by Gasteiger charge is -1.96. The Morgan fingerprint density at radius 2 is 1.16 bits per heavy atom. The van der Waals surface area contributed by atoms with Crippen molar-refractivity contribution in [3.63, 3.8) is 0 Å². The lowest BCUT2D eigenvalue weighted by Crippen LogP contribution is -1.97. The van der Waals surface area contributed by atoms with Gasteiger partial charge in [-0.1, -0.05) is 44.2 Å². The summed E-state index contributed by atoms with van der Waals surface area (Å²) in [6.45, 7) is 4.00. The zero-order chi connectivity index (χ0) is 14.1. The summed E-state index contributed by atoms with van der Waals surface area (Å²) in [5.41, 5.74) is 2.82. The fraction of sp³-hybridized carbons (Fsp3) is 0.200. The number of nitrogens with zero attached hydrogens (tertiary/aromatic N) is 3. The third kappa shape index (κ3) is 3.63. The van der Waals surface area contributed by atoms with E-state index in [1.807, 2.05) is 68.4 Å². The van der Waals surface area contributed by atoms with Gasteiger partial charge in [0.2, 0.25) is 0 Å². The van der Waals surface area contributed by atoms with E-state index in [1.165, 1.54) is 0 Å². The van der Waals surface area contributed by atoms with Crippen molar-refractivity contribution >= 4 is 11.0 Å². The smallest absolute Gasteiger partial charge is 0.113 e. The van der Waals surface area contributed by atoms with Crippen molar-refractivity contribution in [1.82, 2.24) is 15.0 Å². The number of aliphatic hydroxyl groups excluding tert-OH is 1. The highest BCUT2D eigenvalue weighted by atomic mass is 16.2. The summed E-state index contributed by atoms with van der Waals surface area (Å²) in [7, 11) is 1.00. The van der Waals surface area contributed by atoms with Crippen molar-refractivity contribution < 1.29 is 5.11 Å². The van der Waals surface area contributed by atoms with Crippen LogP contribution in [-0.2, 0) is 0 Å². The van der Waals surface area contributed by atoms with Crippen LogP contribution in [0.5, 0.6) is 0 Å². The van der Waals surface area contributed by atoms with E-state index in [2.05, 4.69) is 10.2 Å². The molecule has 0 aliphatic rings. The molecule has 100 valence electrons. The summed E-state index contributed by atoms with van der Waals surface area (Å²) in [5.74, 6) is 0. The quantitative estimate of drug-likeness (QED) is 0.729. The van der Waals surface area contributed by atoms with E-state index >= 15 is 0 Å². The van der Waals surface area contributed by atoms with Gasteiger partial charge in [0.15, 0.2) is 0 Å². The molecule has 1 aromatic heterocycles. The van der Waals surface area contributed by atoms with Crippen LogP contribution in [0, 0.1) is 0 Å². The van der Waals surface area contributed by atoms with Gasteiger partial charge in [-0.3, -0.25) is 0 Å². The summed E-state index contributed by atoms with van der Waals surface area (Å²) in [5, 5.41) is 15.8. The average Bonchev–Trinajstić information content (AvgIpc) is 2.96. The first-order valence-electron chi connectivity index (χ1n) is 6.26. The Morgan fingerprint density at radius 1 is 0.737 bits per heavy atom. The maximum absolute atomic E-state index is 7.00. The fourth-order valence-corrected chi connectivity index (χ4v) is 1.54. The molecule has 19 heavy (non-hydrogen) atoms. The van der Waals surface area contributed by atoms with Crippen LogP contribution in [0.4, 0.5) is 0 Å². The molecule has 0 amide bonds. The molecule has 0 saturated heterocycles. The average molecular weight is 257 g/mol. The highest BCUT2D eigenvalue weighted by Gasteiger charge is 2.01. The number of hydrogen-bond donors (Lipinski definition) is 1. The number of hydrogen-bond acceptors (Lipinski definition) is 3. The summed E-state index contributed by atoms with van der Waals surface area (Å²) < 4.78 is 0. The van der Waals surface area contributed by atoms with E-state index in [0.29, 0.717) is 0 Å². The third-order valence-corrected chi connectivity index (χ3v) is 2.27. The summed E-state index contributed by atoms with van der Waals surface area (Å²) in [6, 6.07) is 17.7. The molecule has 0 bridgehead atoms. The number of para-hydroxylation sites is 1. The topological polar surface area (TPSA) is 50.9 Å². The fourth-order valence-electron chi connectivity index (χ4n) is 1.54. The number of aromatic nitrogens is 3. The predicted octanol–water partition coefficient (Wildman–Crippen LogP) is 3.06. The minimum absolute atomic E-state index is 0.918. The number of fused-ring (bicyclic) bond motifs is 1. The van der Waals surface area contributed by atoms with Crippen LogP contribution in [0.25, 0.3) is 16.7 Å². The molecule has 4 heteroatoms. The minimum atomic E-state index is 0.918. The molecule has 4 nitrogen and oxygen atoms in total. The van der Waals surface area contributed by atoms with Gasteiger partial charge in [-0.25, -0.2) is 0 Å². The van der Waals surface area contributed by atoms with Crippen molar-refractivity contribution in [2.45, 2.75) is 13.8 Å². The minimum Gasteiger partial charge on any atom is -0.400 e. The lowest BCUT2D eigenvalue weighted by atomic mass is 10.3. The van der Waals surface area contributed by atoms with E-state index < -0.39 is 0 Å². The second-order valence-electron chi connectivity index (χ2n) is 3.31. The number of benzene rings is 2. The van der Waals surface area contributed by atoms with Crippen molar-refractivity contribution in [2.75, 3.05) is 7.11 Å². The van der Waals surface area contributed by atoms with Crippen LogP contribution in [0.2, 0.25) is 0 Å². The molecule has 0 saturated carbocycles. The monoisotopic (exact) mass is 257 g/mol.